The molecule has 0 unspecified atom stereocenters. The van der Waals surface area contributed by atoms with Crippen LogP contribution in [0.5, 0.6) is 0 Å². The summed E-state index contributed by atoms with van der Waals surface area (Å²) < 4.78 is 37.8. The molecule has 1 fully saturated rings. The molecule has 0 atom stereocenters. The van der Waals surface area contributed by atoms with E-state index < -0.39 is 17.7 Å². The van der Waals surface area contributed by atoms with Gasteiger partial charge in [-0.15, -0.1) is 12.4 Å². The standard InChI is InChI=1S/C14H16F3NO2.ClH/c15-14(16,17)12-3-1-2-10(8-12)9-18-6-4-11(5-7-18)13(19)20;/h1-3,8,11H,4-7,9H2,(H,19,20);1H. The molecule has 1 saturated heterocycles. The van der Waals surface area contributed by atoms with E-state index in [4.69, 9.17) is 5.11 Å². The molecule has 0 aromatic heterocycles. The number of alkyl halides is 3. The number of halogens is 4. The first kappa shape index (κ1) is 17.8. The summed E-state index contributed by atoms with van der Waals surface area (Å²) in [5.74, 6) is -1.11. The van der Waals surface area contributed by atoms with Crippen molar-refractivity contribution in [1.29, 1.82) is 0 Å². The fraction of sp³-hybridized carbons (Fsp3) is 0.500. The molecule has 3 nitrogen and oxygen atoms in total. The number of carboxylic acids is 1. The molecule has 21 heavy (non-hydrogen) atoms. The average molecular weight is 324 g/mol. The van der Waals surface area contributed by atoms with Crippen LogP contribution in [0.2, 0.25) is 0 Å². The van der Waals surface area contributed by atoms with Gasteiger partial charge in [0.2, 0.25) is 0 Å². The first-order valence-electron chi connectivity index (χ1n) is 6.47. The van der Waals surface area contributed by atoms with Gasteiger partial charge in [-0.3, -0.25) is 9.69 Å². The van der Waals surface area contributed by atoms with Gasteiger partial charge in [0.05, 0.1) is 11.5 Å². The molecule has 7 heteroatoms. The van der Waals surface area contributed by atoms with E-state index in [1.165, 1.54) is 6.07 Å². The highest BCUT2D eigenvalue weighted by molar-refractivity contribution is 5.85. The molecular weight excluding hydrogens is 307 g/mol. The van der Waals surface area contributed by atoms with Gasteiger partial charge in [0.15, 0.2) is 0 Å². The van der Waals surface area contributed by atoms with Crippen LogP contribution in [-0.2, 0) is 17.5 Å². The lowest BCUT2D eigenvalue weighted by molar-refractivity contribution is -0.143. The third-order valence-electron chi connectivity index (χ3n) is 3.60. The van der Waals surface area contributed by atoms with Crippen LogP contribution in [0.4, 0.5) is 13.2 Å². The Morgan fingerprint density at radius 3 is 2.43 bits per heavy atom. The second-order valence-corrected chi connectivity index (χ2v) is 5.09. The summed E-state index contributed by atoms with van der Waals surface area (Å²) in [4.78, 5) is 12.8. The first-order chi connectivity index (χ1) is 9.36. The number of aliphatic carboxylic acids is 1. The van der Waals surface area contributed by atoms with Gasteiger partial charge in [0.25, 0.3) is 0 Å². The van der Waals surface area contributed by atoms with Crippen molar-refractivity contribution >= 4 is 18.4 Å². The summed E-state index contributed by atoms with van der Waals surface area (Å²) in [6, 6.07) is 5.28. The van der Waals surface area contributed by atoms with Crippen LogP contribution in [0.15, 0.2) is 24.3 Å². The van der Waals surface area contributed by atoms with Gasteiger partial charge in [-0.25, -0.2) is 0 Å². The van der Waals surface area contributed by atoms with Crippen LogP contribution in [0.25, 0.3) is 0 Å². The third kappa shape index (κ3) is 4.89. The predicted molar refractivity (Wildman–Crippen MR) is 74.3 cm³/mol. The lowest BCUT2D eigenvalue weighted by atomic mass is 9.96. The SMILES string of the molecule is Cl.O=C(O)C1CCN(Cc2cccc(C(F)(F)F)c2)CC1. The molecule has 1 aromatic carbocycles. The topological polar surface area (TPSA) is 40.5 Å². The Morgan fingerprint density at radius 2 is 1.90 bits per heavy atom. The van der Waals surface area contributed by atoms with E-state index in [1.807, 2.05) is 4.90 Å². The number of benzene rings is 1. The van der Waals surface area contributed by atoms with Crippen LogP contribution in [-0.4, -0.2) is 29.1 Å². The van der Waals surface area contributed by atoms with E-state index in [1.54, 1.807) is 6.07 Å². The zero-order chi connectivity index (χ0) is 14.8. The molecule has 0 amide bonds. The lowest BCUT2D eigenvalue weighted by Gasteiger charge is -2.30. The zero-order valence-electron chi connectivity index (χ0n) is 11.3. The Bertz CT molecular complexity index is 485. The Kier molecular flexibility index (Phi) is 6.04. The Morgan fingerprint density at radius 1 is 1.29 bits per heavy atom. The van der Waals surface area contributed by atoms with Crippen molar-refractivity contribution in [1.82, 2.24) is 4.90 Å². The quantitative estimate of drug-likeness (QED) is 0.926. The van der Waals surface area contributed by atoms with Gasteiger partial charge in [-0.2, -0.15) is 13.2 Å². The van der Waals surface area contributed by atoms with E-state index in [0.717, 1.165) is 12.1 Å². The number of hydrogen-bond acceptors (Lipinski definition) is 2. The van der Waals surface area contributed by atoms with Crippen LogP contribution in [0, 0.1) is 5.92 Å². The molecule has 0 bridgehead atoms. The smallest absolute Gasteiger partial charge is 0.416 e. The summed E-state index contributed by atoms with van der Waals surface area (Å²) in [5, 5.41) is 8.90. The van der Waals surface area contributed by atoms with Crippen LogP contribution in [0.1, 0.15) is 24.0 Å². The molecule has 1 aliphatic rings. The van der Waals surface area contributed by atoms with Crippen molar-refractivity contribution in [2.45, 2.75) is 25.6 Å². The molecule has 1 N–H and O–H groups in total. The molecular formula is C14H17ClF3NO2. The first-order valence-corrected chi connectivity index (χ1v) is 6.47. The van der Waals surface area contributed by atoms with Crippen LogP contribution in [0.3, 0.4) is 0 Å². The highest BCUT2D eigenvalue weighted by Crippen LogP contribution is 2.30. The molecule has 0 radical (unpaired) electrons. The Labute approximate surface area is 127 Å². The molecule has 0 aliphatic carbocycles. The zero-order valence-corrected chi connectivity index (χ0v) is 12.1. The number of rotatable bonds is 3. The Balaban J connectivity index is 0.00000220. The second-order valence-electron chi connectivity index (χ2n) is 5.09. The minimum absolute atomic E-state index is 0. The monoisotopic (exact) mass is 323 g/mol. The number of carbonyl (C=O) groups is 1. The van der Waals surface area contributed by atoms with Crippen molar-refractivity contribution < 1.29 is 23.1 Å². The average Bonchev–Trinajstić information content (AvgIpc) is 2.38. The number of nitrogens with zero attached hydrogens (tertiary/aromatic N) is 1. The van der Waals surface area contributed by atoms with E-state index >= 15 is 0 Å². The van der Waals surface area contributed by atoms with Crippen molar-refractivity contribution in [3.05, 3.63) is 35.4 Å². The summed E-state index contributed by atoms with van der Waals surface area (Å²) >= 11 is 0. The summed E-state index contributed by atoms with van der Waals surface area (Å²) in [6.45, 7) is 1.64. The van der Waals surface area contributed by atoms with Crippen molar-refractivity contribution in [3.8, 4) is 0 Å². The third-order valence-corrected chi connectivity index (χ3v) is 3.60. The van der Waals surface area contributed by atoms with Gasteiger partial charge in [0, 0.05) is 6.54 Å². The van der Waals surface area contributed by atoms with Gasteiger partial charge in [0.1, 0.15) is 0 Å². The predicted octanol–water partition coefficient (Wildman–Crippen LogP) is 3.42. The summed E-state index contributed by atoms with van der Waals surface area (Å²) in [5.41, 5.74) is -0.0379. The molecule has 118 valence electrons. The maximum atomic E-state index is 12.6. The minimum Gasteiger partial charge on any atom is -0.481 e. The molecule has 1 aromatic rings. The van der Waals surface area contributed by atoms with Gasteiger partial charge >= 0.3 is 12.1 Å². The van der Waals surface area contributed by atoms with Crippen molar-refractivity contribution in [2.75, 3.05) is 13.1 Å². The van der Waals surface area contributed by atoms with E-state index in [9.17, 15) is 18.0 Å². The maximum Gasteiger partial charge on any atom is 0.416 e. The van der Waals surface area contributed by atoms with E-state index in [2.05, 4.69) is 0 Å². The van der Waals surface area contributed by atoms with Gasteiger partial charge in [-0.1, -0.05) is 18.2 Å². The molecule has 1 heterocycles. The second kappa shape index (κ2) is 7.13. The van der Waals surface area contributed by atoms with Crippen molar-refractivity contribution in [3.63, 3.8) is 0 Å². The van der Waals surface area contributed by atoms with Crippen molar-refractivity contribution in [2.24, 2.45) is 5.92 Å². The fourth-order valence-corrected chi connectivity index (χ4v) is 2.44. The highest BCUT2D eigenvalue weighted by atomic mass is 35.5. The largest absolute Gasteiger partial charge is 0.481 e. The van der Waals surface area contributed by atoms with Crippen LogP contribution < -0.4 is 0 Å². The molecule has 2 rings (SSSR count). The lowest BCUT2D eigenvalue weighted by Crippen LogP contribution is -2.35. The molecule has 0 spiro atoms. The highest BCUT2D eigenvalue weighted by Gasteiger charge is 2.30. The van der Waals surface area contributed by atoms with Crippen LogP contribution >= 0.6 is 12.4 Å². The summed E-state index contributed by atoms with van der Waals surface area (Å²) in [6.07, 6.45) is -3.23. The number of piperidine rings is 1. The fourth-order valence-electron chi connectivity index (χ4n) is 2.44. The minimum atomic E-state index is -4.33. The number of likely N-dealkylation sites (tertiary alicyclic amines) is 1. The number of hydrogen-bond donors (Lipinski definition) is 1. The van der Waals surface area contributed by atoms with Gasteiger partial charge in [-0.05, 0) is 37.6 Å². The normalized spacial score (nSPS) is 17.3. The van der Waals surface area contributed by atoms with E-state index in [0.29, 0.717) is 38.0 Å². The molecule has 0 saturated carbocycles. The maximum absolute atomic E-state index is 12.6. The van der Waals surface area contributed by atoms with E-state index in [-0.39, 0.29) is 18.3 Å². The number of carboxylic acid groups (broad SMARTS) is 1. The van der Waals surface area contributed by atoms with Gasteiger partial charge < -0.3 is 5.11 Å². The molecule has 1 aliphatic heterocycles. The summed E-state index contributed by atoms with van der Waals surface area (Å²) in [7, 11) is 0. The Hall–Kier alpha value is -1.27.